The zero-order chi connectivity index (χ0) is 13.7. The molecule has 0 atom stereocenters. The van der Waals surface area contributed by atoms with Gasteiger partial charge in [0, 0.05) is 24.8 Å². The number of nitrogens with zero attached hydrogens (tertiary/aromatic N) is 2. The van der Waals surface area contributed by atoms with E-state index in [1.807, 2.05) is 12.3 Å². The van der Waals surface area contributed by atoms with Crippen molar-refractivity contribution in [3.05, 3.63) is 29.6 Å². The van der Waals surface area contributed by atoms with Gasteiger partial charge in [0.05, 0.1) is 5.69 Å². The first-order valence-electron chi connectivity index (χ1n) is 7.57. The average molecular weight is 261 g/mol. The molecule has 0 unspecified atom stereocenters. The molecule has 1 aliphatic rings. The van der Waals surface area contributed by atoms with Crippen molar-refractivity contribution in [1.29, 1.82) is 0 Å². The van der Waals surface area contributed by atoms with Crippen LogP contribution in [0.1, 0.15) is 50.3 Å². The van der Waals surface area contributed by atoms with E-state index < -0.39 is 0 Å². The standard InChI is InChI=1S/C16H27N3/c1-3-11-19(16(13-17)8-4-5-9-16)12-15-14(2)7-6-10-18-15/h6-7,10H,3-5,8-9,11-13,17H2,1-2H3. The number of nitrogens with two attached hydrogens (primary N) is 1. The summed E-state index contributed by atoms with van der Waals surface area (Å²) in [5.74, 6) is 0. The molecule has 0 saturated heterocycles. The van der Waals surface area contributed by atoms with Crippen LogP contribution in [0.2, 0.25) is 0 Å². The smallest absolute Gasteiger partial charge is 0.0573 e. The predicted molar refractivity (Wildman–Crippen MR) is 79.9 cm³/mol. The third kappa shape index (κ3) is 3.15. The molecule has 106 valence electrons. The Balaban J connectivity index is 2.18. The topological polar surface area (TPSA) is 42.2 Å². The minimum absolute atomic E-state index is 0.222. The number of aromatic nitrogens is 1. The van der Waals surface area contributed by atoms with Crippen LogP contribution < -0.4 is 5.73 Å². The lowest BCUT2D eigenvalue weighted by molar-refractivity contribution is 0.0887. The van der Waals surface area contributed by atoms with Crippen molar-refractivity contribution >= 4 is 0 Å². The van der Waals surface area contributed by atoms with Crippen molar-refractivity contribution in [2.45, 2.75) is 58.0 Å². The maximum atomic E-state index is 6.13. The van der Waals surface area contributed by atoms with Crippen molar-refractivity contribution in [3.63, 3.8) is 0 Å². The molecule has 0 aliphatic heterocycles. The molecular formula is C16H27N3. The summed E-state index contributed by atoms with van der Waals surface area (Å²) in [5, 5.41) is 0. The van der Waals surface area contributed by atoms with Crippen LogP contribution in [0.25, 0.3) is 0 Å². The Morgan fingerprint density at radius 1 is 1.37 bits per heavy atom. The first-order valence-corrected chi connectivity index (χ1v) is 7.57. The fourth-order valence-electron chi connectivity index (χ4n) is 3.30. The fraction of sp³-hybridized carbons (Fsp3) is 0.688. The largest absolute Gasteiger partial charge is 0.329 e. The number of rotatable bonds is 6. The van der Waals surface area contributed by atoms with Gasteiger partial charge >= 0.3 is 0 Å². The van der Waals surface area contributed by atoms with Crippen LogP contribution in [-0.2, 0) is 6.54 Å². The second-order valence-corrected chi connectivity index (χ2v) is 5.82. The molecule has 1 saturated carbocycles. The van der Waals surface area contributed by atoms with E-state index in [2.05, 4.69) is 29.8 Å². The fourth-order valence-corrected chi connectivity index (χ4v) is 3.30. The summed E-state index contributed by atoms with van der Waals surface area (Å²) in [4.78, 5) is 7.15. The maximum absolute atomic E-state index is 6.13. The molecule has 1 aliphatic carbocycles. The Morgan fingerprint density at radius 2 is 2.11 bits per heavy atom. The highest BCUT2D eigenvalue weighted by Gasteiger charge is 2.38. The first kappa shape index (κ1) is 14.5. The molecule has 1 fully saturated rings. The van der Waals surface area contributed by atoms with Crippen molar-refractivity contribution in [2.24, 2.45) is 5.73 Å². The second kappa shape index (κ2) is 6.49. The molecule has 2 N–H and O–H groups in total. The molecule has 1 aromatic heterocycles. The van der Waals surface area contributed by atoms with Crippen LogP contribution in [0.5, 0.6) is 0 Å². The van der Waals surface area contributed by atoms with Gasteiger partial charge in [-0.15, -0.1) is 0 Å². The SMILES string of the molecule is CCCN(Cc1ncccc1C)C1(CN)CCCC1. The Kier molecular flexibility index (Phi) is 4.94. The summed E-state index contributed by atoms with van der Waals surface area (Å²) >= 11 is 0. The van der Waals surface area contributed by atoms with Crippen molar-refractivity contribution in [1.82, 2.24) is 9.88 Å². The molecule has 0 bridgehead atoms. The van der Waals surface area contributed by atoms with Gasteiger partial charge in [-0.25, -0.2) is 0 Å². The Morgan fingerprint density at radius 3 is 2.68 bits per heavy atom. The lowest BCUT2D eigenvalue weighted by atomic mass is 9.94. The van der Waals surface area contributed by atoms with Gasteiger partial charge in [0.2, 0.25) is 0 Å². The molecule has 1 aromatic rings. The monoisotopic (exact) mass is 261 g/mol. The molecule has 0 spiro atoms. The minimum atomic E-state index is 0.222. The van der Waals surface area contributed by atoms with Crippen LogP contribution in [0.15, 0.2) is 18.3 Å². The van der Waals surface area contributed by atoms with E-state index in [4.69, 9.17) is 5.73 Å². The molecule has 0 aromatic carbocycles. The lowest BCUT2D eigenvalue weighted by Crippen LogP contribution is -2.52. The lowest BCUT2D eigenvalue weighted by Gasteiger charge is -2.40. The quantitative estimate of drug-likeness (QED) is 0.856. The van der Waals surface area contributed by atoms with Gasteiger partial charge in [-0.1, -0.05) is 25.8 Å². The van der Waals surface area contributed by atoms with Gasteiger partial charge in [-0.3, -0.25) is 9.88 Å². The molecule has 0 radical (unpaired) electrons. The van der Waals surface area contributed by atoms with Gasteiger partial charge in [0.1, 0.15) is 0 Å². The van der Waals surface area contributed by atoms with Crippen LogP contribution in [0.3, 0.4) is 0 Å². The summed E-state index contributed by atoms with van der Waals surface area (Å²) in [6.07, 6.45) is 8.20. The Labute approximate surface area is 117 Å². The normalized spacial score (nSPS) is 18.1. The maximum Gasteiger partial charge on any atom is 0.0573 e. The minimum Gasteiger partial charge on any atom is -0.329 e. The number of aryl methyl sites for hydroxylation is 1. The van der Waals surface area contributed by atoms with Crippen LogP contribution in [0, 0.1) is 6.92 Å². The number of hydrogen-bond acceptors (Lipinski definition) is 3. The summed E-state index contributed by atoms with van der Waals surface area (Å²) in [5.41, 5.74) is 8.84. The van der Waals surface area contributed by atoms with E-state index in [0.717, 1.165) is 19.6 Å². The van der Waals surface area contributed by atoms with Gasteiger partial charge in [0.25, 0.3) is 0 Å². The van der Waals surface area contributed by atoms with E-state index in [0.29, 0.717) is 0 Å². The Bertz CT molecular complexity index is 397. The van der Waals surface area contributed by atoms with Gasteiger partial charge in [-0.05, 0) is 44.4 Å². The zero-order valence-electron chi connectivity index (χ0n) is 12.4. The zero-order valence-corrected chi connectivity index (χ0v) is 12.4. The van der Waals surface area contributed by atoms with Crippen LogP contribution in [-0.4, -0.2) is 28.5 Å². The average Bonchev–Trinajstić information content (AvgIpc) is 2.90. The molecular weight excluding hydrogens is 234 g/mol. The van der Waals surface area contributed by atoms with E-state index in [9.17, 15) is 0 Å². The summed E-state index contributed by atoms with van der Waals surface area (Å²) < 4.78 is 0. The van der Waals surface area contributed by atoms with E-state index in [1.165, 1.54) is 43.4 Å². The predicted octanol–water partition coefficient (Wildman–Crippen LogP) is 2.87. The molecule has 3 nitrogen and oxygen atoms in total. The molecule has 2 rings (SSSR count). The molecule has 1 heterocycles. The summed E-state index contributed by atoms with van der Waals surface area (Å²) in [6.45, 7) is 7.23. The van der Waals surface area contributed by atoms with Gasteiger partial charge in [-0.2, -0.15) is 0 Å². The third-order valence-corrected chi connectivity index (χ3v) is 4.54. The van der Waals surface area contributed by atoms with Crippen LogP contribution in [0.4, 0.5) is 0 Å². The number of hydrogen-bond donors (Lipinski definition) is 1. The van der Waals surface area contributed by atoms with Gasteiger partial charge < -0.3 is 5.73 Å². The van der Waals surface area contributed by atoms with Crippen molar-refractivity contribution in [3.8, 4) is 0 Å². The van der Waals surface area contributed by atoms with Crippen LogP contribution >= 0.6 is 0 Å². The summed E-state index contributed by atoms with van der Waals surface area (Å²) in [6, 6.07) is 4.16. The molecule has 19 heavy (non-hydrogen) atoms. The molecule has 0 amide bonds. The molecule has 3 heteroatoms. The van der Waals surface area contributed by atoms with E-state index >= 15 is 0 Å². The summed E-state index contributed by atoms with van der Waals surface area (Å²) in [7, 11) is 0. The van der Waals surface area contributed by atoms with Gasteiger partial charge in [0.15, 0.2) is 0 Å². The highest BCUT2D eigenvalue weighted by Crippen LogP contribution is 2.35. The van der Waals surface area contributed by atoms with E-state index in [-0.39, 0.29) is 5.54 Å². The van der Waals surface area contributed by atoms with Crippen molar-refractivity contribution in [2.75, 3.05) is 13.1 Å². The Hall–Kier alpha value is -0.930. The highest BCUT2D eigenvalue weighted by molar-refractivity contribution is 5.18. The van der Waals surface area contributed by atoms with Crippen molar-refractivity contribution < 1.29 is 0 Å². The first-order chi connectivity index (χ1) is 9.22. The highest BCUT2D eigenvalue weighted by atomic mass is 15.2. The second-order valence-electron chi connectivity index (χ2n) is 5.82. The third-order valence-electron chi connectivity index (χ3n) is 4.54. The van der Waals surface area contributed by atoms with E-state index in [1.54, 1.807) is 0 Å². The number of pyridine rings is 1.